The van der Waals surface area contributed by atoms with E-state index in [0.29, 0.717) is 17.8 Å². The van der Waals surface area contributed by atoms with Crippen LogP contribution >= 0.6 is 24.8 Å². The normalized spacial score (nSPS) is 10.4. The molecule has 3 N–H and O–H groups in total. The van der Waals surface area contributed by atoms with Gasteiger partial charge in [0.15, 0.2) is 0 Å². The van der Waals surface area contributed by atoms with Crippen molar-refractivity contribution in [2.24, 2.45) is 0 Å². The number of aryl methyl sites for hydroxylation is 1. The highest BCUT2D eigenvalue weighted by Gasteiger charge is 2.31. The molecule has 0 atom stereocenters. The fourth-order valence-corrected chi connectivity index (χ4v) is 2.43. The standard InChI is InChI=1S/C18H20F3N3O.2ClH/c1-24(2)16-9-8-13(18(19,20)21)11-15(16)23-17(25)10-7-12-5-3-4-6-14(12)22;;/h3-6,8-9,11H,7,10,22H2,1-2H3,(H,23,25);2*1H. The van der Waals surface area contributed by atoms with Crippen LogP contribution in [0, 0.1) is 0 Å². The van der Waals surface area contributed by atoms with E-state index < -0.39 is 11.7 Å². The van der Waals surface area contributed by atoms with E-state index in [9.17, 15) is 18.0 Å². The number of carbonyl (C=O) groups excluding carboxylic acids is 1. The largest absolute Gasteiger partial charge is 0.416 e. The van der Waals surface area contributed by atoms with Crippen LogP contribution in [0.15, 0.2) is 42.5 Å². The van der Waals surface area contributed by atoms with Gasteiger partial charge in [-0.05, 0) is 36.2 Å². The van der Waals surface area contributed by atoms with Crippen molar-refractivity contribution < 1.29 is 18.0 Å². The van der Waals surface area contributed by atoms with E-state index >= 15 is 0 Å². The Labute approximate surface area is 168 Å². The Hall–Kier alpha value is -2.12. The van der Waals surface area contributed by atoms with Crippen LogP contribution in [-0.2, 0) is 17.4 Å². The van der Waals surface area contributed by atoms with Gasteiger partial charge in [-0.25, -0.2) is 0 Å². The minimum absolute atomic E-state index is 0. The fraction of sp³-hybridized carbons (Fsp3) is 0.278. The maximum absolute atomic E-state index is 12.9. The summed E-state index contributed by atoms with van der Waals surface area (Å²) >= 11 is 0. The number of amides is 1. The second kappa shape index (κ2) is 10.3. The smallest absolute Gasteiger partial charge is 0.399 e. The number of nitrogens with one attached hydrogen (secondary N) is 1. The summed E-state index contributed by atoms with van der Waals surface area (Å²) in [4.78, 5) is 13.8. The van der Waals surface area contributed by atoms with Crippen LogP contribution in [0.2, 0.25) is 0 Å². The predicted octanol–water partition coefficient (Wildman–Crippen LogP) is 4.77. The zero-order valence-corrected chi connectivity index (χ0v) is 16.5. The quantitative estimate of drug-likeness (QED) is 0.680. The van der Waals surface area contributed by atoms with Crippen molar-refractivity contribution >= 4 is 47.8 Å². The molecule has 0 aromatic heterocycles. The molecule has 0 bridgehead atoms. The SMILES string of the molecule is CN(C)c1ccc(C(F)(F)F)cc1NC(=O)CCc1ccccc1N.Cl.Cl. The summed E-state index contributed by atoms with van der Waals surface area (Å²) in [6.45, 7) is 0. The molecule has 2 aromatic carbocycles. The molecule has 0 radical (unpaired) electrons. The Bertz CT molecular complexity index is 768. The highest BCUT2D eigenvalue weighted by atomic mass is 35.5. The lowest BCUT2D eigenvalue weighted by Crippen LogP contribution is -2.18. The number of nitrogens with zero attached hydrogens (tertiary/aromatic N) is 1. The number of benzene rings is 2. The fourth-order valence-electron chi connectivity index (χ4n) is 2.43. The molecular formula is C18H22Cl2F3N3O. The summed E-state index contributed by atoms with van der Waals surface area (Å²) in [5, 5.41) is 2.57. The number of carbonyl (C=O) groups is 1. The molecule has 0 fully saturated rings. The van der Waals surface area contributed by atoms with Crippen LogP contribution < -0.4 is 16.0 Å². The number of nitrogen functional groups attached to an aromatic ring is 1. The molecular weight excluding hydrogens is 402 g/mol. The number of alkyl halides is 3. The maximum Gasteiger partial charge on any atom is 0.416 e. The molecule has 27 heavy (non-hydrogen) atoms. The summed E-state index contributed by atoms with van der Waals surface area (Å²) in [6, 6.07) is 10.5. The van der Waals surface area contributed by atoms with E-state index in [1.165, 1.54) is 6.07 Å². The first-order chi connectivity index (χ1) is 11.7. The van der Waals surface area contributed by atoms with Crippen LogP contribution in [0.25, 0.3) is 0 Å². The Balaban J connectivity index is 0.00000338. The van der Waals surface area contributed by atoms with E-state index in [2.05, 4.69) is 5.32 Å². The molecule has 2 rings (SSSR count). The van der Waals surface area contributed by atoms with Gasteiger partial charge >= 0.3 is 6.18 Å². The molecule has 0 aliphatic heterocycles. The van der Waals surface area contributed by atoms with Gasteiger partial charge in [0.2, 0.25) is 5.91 Å². The van der Waals surface area contributed by atoms with Crippen molar-refractivity contribution in [3.05, 3.63) is 53.6 Å². The molecule has 0 saturated heterocycles. The van der Waals surface area contributed by atoms with E-state index in [4.69, 9.17) is 5.73 Å². The first-order valence-corrected chi connectivity index (χ1v) is 7.70. The van der Waals surface area contributed by atoms with Crippen molar-refractivity contribution in [2.45, 2.75) is 19.0 Å². The molecule has 0 spiro atoms. The molecule has 0 aliphatic carbocycles. The summed E-state index contributed by atoms with van der Waals surface area (Å²) < 4.78 is 38.7. The van der Waals surface area contributed by atoms with E-state index in [-0.39, 0.29) is 42.8 Å². The number of hydrogen-bond acceptors (Lipinski definition) is 3. The lowest BCUT2D eigenvalue weighted by Gasteiger charge is -2.20. The lowest BCUT2D eigenvalue weighted by atomic mass is 10.1. The highest BCUT2D eigenvalue weighted by Crippen LogP contribution is 2.35. The van der Waals surface area contributed by atoms with Crippen molar-refractivity contribution in [3.63, 3.8) is 0 Å². The number of hydrogen-bond donors (Lipinski definition) is 2. The monoisotopic (exact) mass is 423 g/mol. The van der Waals surface area contributed by atoms with Gasteiger partial charge in [0, 0.05) is 26.2 Å². The van der Waals surface area contributed by atoms with Crippen LogP contribution in [0.5, 0.6) is 0 Å². The summed E-state index contributed by atoms with van der Waals surface area (Å²) in [5.41, 5.74) is 7.07. The van der Waals surface area contributed by atoms with Crippen LogP contribution in [0.4, 0.5) is 30.2 Å². The minimum atomic E-state index is -4.47. The van der Waals surface area contributed by atoms with E-state index in [1.54, 1.807) is 31.1 Å². The minimum Gasteiger partial charge on any atom is -0.399 e. The van der Waals surface area contributed by atoms with Crippen molar-refractivity contribution in [2.75, 3.05) is 30.0 Å². The van der Waals surface area contributed by atoms with Crippen LogP contribution in [0.3, 0.4) is 0 Å². The summed E-state index contributed by atoms with van der Waals surface area (Å²) in [6.07, 6.45) is -3.94. The first-order valence-electron chi connectivity index (χ1n) is 7.70. The maximum atomic E-state index is 12.9. The average molecular weight is 424 g/mol. The molecule has 2 aromatic rings. The second-order valence-electron chi connectivity index (χ2n) is 5.87. The Morgan fingerprint density at radius 1 is 1.11 bits per heavy atom. The molecule has 9 heteroatoms. The molecule has 0 saturated carbocycles. The molecule has 4 nitrogen and oxygen atoms in total. The van der Waals surface area contributed by atoms with Gasteiger partial charge in [-0.15, -0.1) is 24.8 Å². The van der Waals surface area contributed by atoms with Gasteiger partial charge in [0.1, 0.15) is 0 Å². The molecule has 0 unspecified atom stereocenters. The van der Waals surface area contributed by atoms with Gasteiger partial charge < -0.3 is 16.0 Å². The van der Waals surface area contributed by atoms with Gasteiger partial charge in [-0.1, -0.05) is 18.2 Å². The summed E-state index contributed by atoms with van der Waals surface area (Å²) in [7, 11) is 3.39. The van der Waals surface area contributed by atoms with Crippen molar-refractivity contribution in [3.8, 4) is 0 Å². The van der Waals surface area contributed by atoms with Gasteiger partial charge in [-0.2, -0.15) is 13.2 Å². The third-order valence-corrected chi connectivity index (χ3v) is 3.76. The summed E-state index contributed by atoms with van der Waals surface area (Å²) in [5.74, 6) is -0.370. The molecule has 0 aliphatic rings. The molecule has 1 amide bonds. The lowest BCUT2D eigenvalue weighted by molar-refractivity contribution is -0.137. The van der Waals surface area contributed by atoms with Gasteiger partial charge in [0.05, 0.1) is 16.9 Å². The Kier molecular flexibility index (Phi) is 9.47. The number of para-hydroxylation sites is 1. The zero-order valence-electron chi connectivity index (χ0n) is 14.8. The Morgan fingerprint density at radius 2 is 1.74 bits per heavy atom. The predicted molar refractivity (Wildman–Crippen MR) is 108 cm³/mol. The second-order valence-corrected chi connectivity index (χ2v) is 5.87. The third-order valence-electron chi connectivity index (χ3n) is 3.76. The van der Waals surface area contributed by atoms with Crippen molar-refractivity contribution in [1.29, 1.82) is 0 Å². The van der Waals surface area contributed by atoms with Crippen LogP contribution in [0.1, 0.15) is 17.5 Å². The van der Waals surface area contributed by atoms with Crippen LogP contribution in [-0.4, -0.2) is 20.0 Å². The molecule has 0 heterocycles. The van der Waals surface area contributed by atoms with Crippen molar-refractivity contribution in [1.82, 2.24) is 0 Å². The zero-order chi connectivity index (χ0) is 18.6. The highest BCUT2D eigenvalue weighted by molar-refractivity contribution is 5.94. The Morgan fingerprint density at radius 3 is 2.30 bits per heavy atom. The third kappa shape index (κ3) is 6.84. The van der Waals surface area contributed by atoms with E-state index in [0.717, 1.165) is 17.7 Å². The number of anilines is 3. The number of halogens is 5. The topological polar surface area (TPSA) is 58.4 Å². The van der Waals surface area contributed by atoms with Gasteiger partial charge in [-0.3, -0.25) is 4.79 Å². The average Bonchev–Trinajstić information content (AvgIpc) is 2.53. The number of rotatable bonds is 5. The van der Waals surface area contributed by atoms with Gasteiger partial charge in [0.25, 0.3) is 0 Å². The molecule has 150 valence electrons. The van der Waals surface area contributed by atoms with E-state index in [1.807, 2.05) is 12.1 Å². The first kappa shape index (κ1) is 24.9. The number of nitrogens with two attached hydrogens (primary N) is 1.